The van der Waals surface area contributed by atoms with E-state index >= 15 is 4.57 Å². The number of hydrogen-bond donors (Lipinski definition) is 0. The van der Waals surface area contributed by atoms with E-state index in [0.717, 1.165) is 73.0 Å². The molecule has 48 heavy (non-hydrogen) atoms. The third kappa shape index (κ3) is 4.51. The highest BCUT2D eigenvalue weighted by molar-refractivity contribution is 7.85. The van der Waals surface area contributed by atoms with Gasteiger partial charge >= 0.3 is 0 Å². The van der Waals surface area contributed by atoms with Crippen LogP contribution in [-0.4, -0.2) is 0 Å². The van der Waals surface area contributed by atoms with Crippen LogP contribution in [0.25, 0.3) is 0 Å². The summed E-state index contributed by atoms with van der Waals surface area (Å²) in [4.78, 5) is 4.39. The van der Waals surface area contributed by atoms with Gasteiger partial charge in [0.15, 0.2) is 30.1 Å². The molecule has 0 atom stereocenters. The summed E-state index contributed by atoms with van der Waals surface area (Å²) in [6.45, 7) is 0. The Morgan fingerprint density at radius 3 is 0.979 bits per heavy atom. The van der Waals surface area contributed by atoms with Gasteiger partial charge in [0.05, 0.1) is 22.7 Å². The lowest BCUT2D eigenvalue weighted by molar-refractivity contribution is 0.477. The average molecular weight is 641 g/mol. The number of rotatable bonds is 5. The van der Waals surface area contributed by atoms with E-state index in [1.54, 1.807) is 0 Å². The van der Waals surface area contributed by atoms with Crippen LogP contribution in [0.15, 0.2) is 176 Å². The van der Waals surface area contributed by atoms with E-state index in [0.29, 0.717) is 0 Å². The number of benzene rings is 7. The Hall–Kier alpha value is -6.03. The summed E-state index contributed by atoms with van der Waals surface area (Å²) >= 11 is 0. The minimum Gasteiger partial charge on any atom is -0.453 e. The van der Waals surface area contributed by atoms with Crippen LogP contribution >= 0.6 is 7.14 Å². The quantitative estimate of drug-likeness (QED) is 0.175. The number of ether oxygens (including phenoxy) is 2. The highest BCUT2D eigenvalue weighted by atomic mass is 31.2. The second-order valence-electron chi connectivity index (χ2n) is 11.7. The Balaban J connectivity index is 1.13. The van der Waals surface area contributed by atoms with E-state index in [-0.39, 0.29) is 0 Å². The van der Waals surface area contributed by atoms with Crippen LogP contribution in [0.2, 0.25) is 0 Å². The van der Waals surface area contributed by atoms with E-state index in [2.05, 4.69) is 58.3 Å². The Bertz CT molecular complexity index is 2100. The molecule has 2 aliphatic heterocycles. The van der Waals surface area contributed by atoms with Crippen molar-refractivity contribution in [3.63, 3.8) is 0 Å². The molecule has 7 aromatic rings. The van der Waals surface area contributed by atoms with Crippen LogP contribution in [0, 0.1) is 0 Å². The summed E-state index contributed by atoms with van der Waals surface area (Å²) in [6, 6.07) is 58.1. The number of fused-ring (bicyclic) bond motifs is 4. The number of anilines is 6. The van der Waals surface area contributed by atoms with Gasteiger partial charge in [0.25, 0.3) is 0 Å². The van der Waals surface area contributed by atoms with Crippen molar-refractivity contribution >= 4 is 57.2 Å². The van der Waals surface area contributed by atoms with Crippen molar-refractivity contribution in [2.75, 3.05) is 9.80 Å². The fourth-order valence-electron chi connectivity index (χ4n) is 6.67. The Kier molecular flexibility index (Phi) is 6.67. The lowest BCUT2D eigenvalue weighted by atomic mass is 10.1. The highest BCUT2D eigenvalue weighted by Crippen LogP contribution is 2.52. The molecule has 9 rings (SSSR count). The fraction of sp³-hybridized carbons (Fsp3) is 0. The minimum absolute atomic E-state index is 0.766. The van der Waals surface area contributed by atoms with Crippen LogP contribution in [0.4, 0.5) is 34.1 Å². The van der Waals surface area contributed by atoms with Crippen molar-refractivity contribution in [3.8, 4) is 23.0 Å². The monoisotopic (exact) mass is 640 g/mol. The predicted molar refractivity (Wildman–Crippen MR) is 195 cm³/mol. The maximum atomic E-state index is 15.5. The second-order valence-corrected chi connectivity index (χ2v) is 14.5. The maximum absolute atomic E-state index is 15.5. The van der Waals surface area contributed by atoms with E-state index < -0.39 is 7.14 Å². The molecule has 0 aromatic heterocycles. The largest absolute Gasteiger partial charge is 0.453 e. The zero-order valence-corrected chi connectivity index (χ0v) is 26.7. The Morgan fingerprint density at radius 2 is 0.625 bits per heavy atom. The molecule has 0 radical (unpaired) electrons. The fourth-order valence-corrected chi connectivity index (χ4v) is 9.30. The molecule has 2 heterocycles. The Labute approximate surface area is 279 Å². The summed E-state index contributed by atoms with van der Waals surface area (Å²) < 4.78 is 28.0. The number of nitrogens with zero attached hydrogens (tertiary/aromatic N) is 2. The molecule has 0 bridgehead atoms. The molecular weight excluding hydrogens is 611 g/mol. The van der Waals surface area contributed by atoms with Crippen molar-refractivity contribution in [2.24, 2.45) is 0 Å². The summed E-state index contributed by atoms with van der Waals surface area (Å²) in [5, 5.41) is 2.32. The molecule has 0 fully saturated rings. The lowest BCUT2D eigenvalue weighted by Gasteiger charge is -2.33. The molecule has 7 aromatic carbocycles. The van der Waals surface area contributed by atoms with Gasteiger partial charge < -0.3 is 23.8 Å². The van der Waals surface area contributed by atoms with E-state index in [1.165, 1.54) is 0 Å². The third-order valence-electron chi connectivity index (χ3n) is 8.93. The lowest BCUT2D eigenvalue weighted by Crippen LogP contribution is -2.25. The first-order valence-electron chi connectivity index (χ1n) is 15.9. The number of para-hydroxylation sites is 8. The topological polar surface area (TPSA) is 42.0 Å². The van der Waals surface area contributed by atoms with Gasteiger partial charge in [0.1, 0.15) is 0 Å². The normalized spacial score (nSPS) is 12.9. The molecule has 0 saturated carbocycles. The van der Waals surface area contributed by atoms with Crippen LogP contribution in [-0.2, 0) is 4.57 Å². The molecule has 0 spiro atoms. The first-order valence-corrected chi connectivity index (χ1v) is 17.6. The molecule has 0 amide bonds. The van der Waals surface area contributed by atoms with Gasteiger partial charge in [-0.1, -0.05) is 78.9 Å². The van der Waals surface area contributed by atoms with Gasteiger partial charge in [-0.25, -0.2) is 0 Å². The SMILES string of the molecule is O=P(c1ccccc1)(c1ccc(N2c3ccccc3Oc3ccccc32)cc1)c1ccc(N2c3ccccc3Oc3ccccc32)cc1. The third-order valence-corrected chi connectivity index (χ3v) is 12.0. The van der Waals surface area contributed by atoms with Crippen LogP contribution in [0.5, 0.6) is 23.0 Å². The van der Waals surface area contributed by atoms with Gasteiger partial charge in [-0.3, -0.25) is 0 Å². The Morgan fingerprint density at radius 1 is 0.333 bits per heavy atom. The van der Waals surface area contributed by atoms with Crippen molar-refractivity contribution in [1.82, 2.24) is 0 Å². The molecule has 0 saturated heterocycles. The van der Waals surface area contributed by atoms with Gasteiger partial charge in [-0.15, -0.1) is 0 Å². The van der Waals surface area contributed by atoms with Crippen molar-refractivity contribution in [3.05, 3.63) is 176 Å². The minimum atomic E-state index is -3.25. The predicted octanol–water partition coefficient (Wildman–Crippen LogP) is 10.5. The molecule has 230 valence electrons. The molecular formula is C42H29N2O3P. The van der Waals surface area contributed by atoms with Crippen molar-refractivity contribution in [1.29, 1.82) is 0 Å². The second kappa shape index (κ2) is 11.3. The van der Waals surface area contributed by atoms with E-state index in [9.17, 15) is 0 Å². The molecule has 2 aliphatic rings. The smallest absolute Gasteiger partial charge is 0.171 e. The van der Waals surface area contributed by atoms with E-state index in [4.69, 9.17) is 9.47 Å². The van der Waals surface area contributed by atoms with Crippen LogP contribution < -0.4 is 35.2 Å². The highest BCUT2D eigenvalue weighted by Gasteiger charge is 2.32. The molecule has 6 heteroatoms. The molecule has 0 N–H and O–H groups in total. The number of hydrogen-bond acceptors (Lipinski definition) is 5. The molecule has 0 aliphatic carbocycles. The first kappa shape index (κ1) is 28.2. The van der Waals surface area contributed by atoms with E-state index in [1.807, 2.05) is 127 Å². The standard InChI is InChI=1S/C42H29N2O3P/c45-48(32-12-2-1-3-13-32,33-26-22-30(23-27-33)43-35-14-4-8-18-39(35)46-40-19-9-5-15-36(40)43)34-28-24-31(25-29-34)44-37-16-6-10-20-41(37)47-42-21-11-7-17-38(42)44/h1-29H. The van der Waals surface area contributed by atoms with Gasteiger partial charge in [0, 0.05) is 27.3 Å². The zero-order valence-electron chi connectivity index (χ0n) is 25.8. The molecule has 0 unspecified atom stereocenters. The van der Waals surface area contributed by atoms with Gasteiger partial charge in [0.2, 0.25) is 0 Å². The first-order chi connectivity index (χ1) is 23.7. The van der Waals surface area contributed by atoms with Crippen molar-refractivity contribution < 1.29 is 14.0 Å². The summed E-state index contributed by atoms with van der Waals surface area (Å²) in [6.07, 6.45) is 0. The molecule has 5 nitrogen and oxygen atoms in total. The van der Waals surface area contributed by atoms with Crippen molar-refractivity contribution in [2.45, 2.75) is 0 Å². The van der Waals surface area contributed by atoms with Gasteiger partial charge in [-0.2, -0.15) is 0 Å². The summed E-state index contributed by atoms with van der Waals surface area (Å²) in [5.74, 6) is 3.17. The summed E-state index contributed by atoms with van der Waals surface area (Å²) in [7, 11) is -3.25. The van der Waals surface area contributed by atoms with Crippen LogP contribution in [0.3, 0.4) is 0 Å². The summed E-state index contributed by atoms with van der Waals surface area (Å²) in [5.41, 5.74) is 5.74. The van der Waals surface area contributed by atoms with Gasteiger partial charge in [-0.05, 0) is 97.1 Å². The van der Waals surface area contributed by atoms with Crippen LogP contribution in [0.1, 0.15) is 0 Å². The average Bonchev–Trinajstić information content (AvgIpc) is 3.16. The maximum Gasteiger partial charge on any atom is 0.171 e. The zero-order chi connectivity index (χ0) is 32.1.